The Kier molecular flexibility index (Phi) is 8.96. The molecule has 156 valence electrons. The molecule has 2 amide bonds. The third-order valence-corrected chi connectivity index (χ3v) is 5.59. The summed E-state index contributed by atoms with van der Waals surface area (Å²) in [5.74, 6) is -0.219. The molecular weight excluding hydrogens is 409 g/mol. The predicted octanol–water partition coefficient (Wildman–Crippen LogP) is 3.83. The highest BCUT2D eigenvalue weighted by atomic mass is 35.5. The van der Waals surface area contributed by atoms with Crippen LogP contribution in [0.2, 0.25) is 5.02 Å². The van der Waals surface area contributed by atoms with Gasteiger partial charge in [0.25, 0.3) is 5.91 Å². The van der Waals surface area contributed by atoms with E-state index in [0.29, 0.717) is 16.6 Å². The minimum absolute atomic E-state index is 0. The van der Waals surface area contributed by atoms with Gasteiger partial charge in [-0.1, -0.05) is 54.1 Å². The number of hydrogen-bond donors (Lipinski definition) is 2. The lowest BCUT2D eigenvalue weighted by Gasteiger charge is -2.33. The van der Waals surface area contributed by atoms with E-state index in [1.165, 1.54) is 0 Å². The van der Waals surface area contributed by atoms with E-state index < -0.39 is 6.04 Å². The maximum absolute atomic E-state index is 12.9. The summed E-state index contributed by atoms with van der Waals surface area (Å²) in [5, 5.41) is 6.66. The van der Waals surface area contributed by atoms with Gasteiger partial charge in [0.15, 0.2) is 0 Å². The van der Waals surface area contributed by atoms with E-state index in [-0.39, 0.29) is 30.6 Å². The number of nitrogens with one attached hydrogen (secondary N) is 2. The van der Waals surface area contributed by atoms with Crippen molar-refractivity contribution in [2.45, 2.75) is 31.3 Å². The molecule has 0 spiro atoms. The van der Waals surface area contributed by atoms with Gasteiger partial charge in [-0.25, -0.2) is 0 Å². The second kappa shape index (κ2) is 11.2. The summed E-state index contributed by atoms with van der Waals surface area (Å²) in [6.45, 7) is 1.48. The molecule has 0 saturated carbocycles. The number of carbonyl (C=O) groups is 2. The van der Waals surface area contributed by atoms with Crippen LogP contribution in [0.15, 0.2) is 54.6 Å². The fourth-order valence-electron chi connectivity index (χ4n) is 3.54. The molecule has 0 aromatic heterocycles. The van der Waals surface area contributed by atoms with Gasteiger partial charge in [0.1, 0.15) is 0 Å². The van der Waals surface area contributed by atoms with Crippen molar-refractivity contribution in [3.63, 3.8) is 0 Å². The van der Waals surface area contributed by atoms with Gasteiger partial charge in [0, 0.05) is 19.1 Å². The van der Waals surface area contributed by atoms with Gasteiger partial charge in [-0.05, 0) is 37.6 Å². The van der Waals surface area contributed by atoms with Crippen LogP contribution >= 0.6 is 24.0 Å². The molecule has 1 aliphatic rings. The molecule has 1 unspecified atom stereocenters. The van der Waals surface area contributed by atoms with Gasteiger partial charge < -0.3 is 15.5 Å². The summed E-state index contributed by atoms with van der Waals surface area (Å²) in [5.41, 5.74) is 1.31. The molecular formula is C22H27Cl2N3O2. The van der Waals surface area contributed by atoms with Crippen molar-refractivity contribution in [1.82, 2.24) is 15.5 Å². The summed E-state index contributed by atoms with van der Waals surface area (Å²) in [6, 6.07) is 16.6. The van der Waals surface area contributed by atoms with E-state index in [9.17, 15) is 9.59 Å². The van der Waals surface area contributed by atoms with E-state index in [1.807, 2.05) is 42.3 Å². The Morgan fingerprint density at radius 3 is 2.31 bits per heavy atom. The van der Waals surface area contributed by atoms with Gasteiger partial charge in [-0.3, -0.25) is 9.59 Å². The third-order valence-electron chi connectivity index (χ3n) is 5.26. The molecule has 1 fully saturated rings. The number of likely N-dealkylation sites (tertiary alicyclic amines) is 1. The molecule has 1 heterocycles. The molecule has 29 heavy (non-hydrogen) atoms. The molecule has 0 bridgehead atoms. The van der Waals surface area contributed by atoms with Crippen LogP contribution < -0.4 is 10.6 Å². The van der Waals surface area contributed by atoms with E-state index in [2.05, 4.69) is 10.6 Å². The van der Waals surface area contributed by atoms with Crippen LogP contribution in [0.25, 0.3) is 0 Å². The minimum Gasteiger partial charge on any atom is -0.345 e. The largest absolute Gasteiger partial charge is 0.345 e. The summed E-state index contributed by atoms with van der Waals surface area (Å²) in [7, 11) is 1.96. The quantitative estimate of drug-likeness (QED) is 0.724. The number of piperidine rings is 1. The summed E-state index contributed by atoms with van der Waals surface area (Å²) >= 11 is 6.16. The molecule has 7 heteroatoms. The Morgan fingerprint density at radius 1 is 1.07 bits per heavy atom. The monoisotopic (exact) mass is 435 g/mol. The number of carbonyl (C=O) groups excluding carboxylic acids is 2. The van der Waals surface area contributed by atoms with Crippen LogP contribution in [-0.2, 0) is 4.79 Å². The Balaban J connectivity index is 0.00000300. The van der Waals surface area contributed by atoms with Crippen molar-refractivity contribution >= 4 is 35.8 Å². The molecule has 1 aliphatic heterocycles. The molecule has 1 saturated heterocycles. The van der Waals surface area contributed by atoms with Crippen LogP contribution in [-0.4, -0.2) is 42.9 Å². The Morgan fingerprint density at radius 2 is 1.69 bits per heavy atom. The van der Waals surface area contributed by atoms with Gasteiger partial charge in [-0.15, -0.1) is 12.4 Å². The first kappa shape index (κ1) is 23.2. The summed E-state index contributed by atoms with van der Waals surface area (Å²) in [6.07, 6.45) is 2.12. The number of rotatable bonds is 6. The van der Waals surface area contributed by atoms with Crippen molar-refractivity contribution < 1.29 is 9.59 Å². The highest BCUT2D eigenvalue weighted by molar-refractivity contribution is 6.33. The molecule has 2 N–H and O–H groups in total. The molecule has 1 atom stereocenters. The normalized spacial score (nSPS) is 15.3. The van der Waals surface area contributed by atoms with E-state index in [1.54, 1.807) is 24.3 Å². The van der Waals surface area contributed by atoms with Crippen molar-refractivity contribution in [2.75, 3.05) is 20.1 Å². The second-order valence-electron chi connectivity index (χ2n) is 7.06. The second-order valence-corrected chi connectivity index (χ2v) is 7.47. The highest BCUT2D eigenvalue weighted by Gasteiger charge is 2.26. The number of benzene rings is 2. The van der Waals surface area contributed by atoms with Crippen molar-refractivity contribution in [2.24, 2.45) is 0 Å². The summed E-state index contributed by atoms with van der Waals surface area (Å²) < 4.78 is 0. The topological polar surface area (TPSA) is 61.4 Å². The first-order chi connectivity index (χ1) is 13.6. The van der Waals surface area contributed by atoms with Crippen molar-refractivity contribution in [3.05, 3.63) is 70.7 Å². The number of hydrogen-bond acceptors (Lipinski definition) is 3. The van der Waals surface area contributed by atoms with Crippen LogP contribution in [0.1, 0.15) is 41.2 Å². The molecule has 0 radical (unpaired) electrons. The van der Waals surface area contributed by atoms with Gasteiger partial charge >= 0.3 is 0 Å². The number of nitrogens with zero attached hydrogens (tertiary/aromatic N) is 1. The number of halogens is 2. The Bertz CT molecular complexity index is 809. The maximum Gasteiger partial charge on any atom is 0.253 e. The van der Waals surface area contributed by atoms with Crippen LogP contribution in [0.5, 0.6) is 0 Å². The fourth-order valence-corrected chi connectivity index (χ4v) is 3.76. The van der Waals surface area contributed by atoms with E-state index >= 15 is 0 Å². The molecule has 2 aromatic rings. The van der Waals surface area contributed by atoms with Gasteiger partial charge in [-0.2, -0.15) is 0 Å². The van der Waals surface area contributed by atoms with Gasteiger partial charge in [0.05, 0.1) is 23.0 Å². The fraction of sp³-hybridized carbons (Fsp3) is 0.364. The minimum atomic E-state index is -0.403. The SMILES string of the molecule is CNC1CCN(C(=O)CC(NC(=O)c2ccccc2Cl)c2ccccc2)CC1.Cl. The first-order valence-corrected chi connectivity index (χ1v) is 10.0. The molecule has 2 aromatic carbocycles. The van der Waals surface area contributed by atoms with Crippen LogP contribution in [0.4, 0.5) is 0 Å². The highest BCUT2D eigenvalue weighted by Crippen LogP contribution is 2.22. The lowest BCUT2D eigenvalue weighted by Crippen LogP contribution is -2.45. The lowest BCUT2D eigenvalue weighted by molar-refractivity contribution is -0.132. The third kappa shape index (κ3) is 6.20. The molecule has 0 aliphatic carbocycles. The van der Waals surface area contributed by atoms with E-state index in [0.717, 1.165) is 31.5 Å². The predicted molar refractivity (Wildman–Crippen MR) is 119 cm³/mol. The average molecular weight is 436 g/mol. The standard InChI is InChI=1S/C22H26ClN3O2.ClH/c1-24-17-11-13-26(14-12-17)21(27)15-20(16-7-3-2-4-8-16)25-22(28)18-9-5-6-10-19(18)23;/h2-10,17,20,24H,11-15H2,1H3,(H,25,28);1H. The zero-order valence-electron chi connectivity index (χ0n) is 16.4. The maximum atomic E-state index is 12.9. The van der Waals surface area contributed by atoms with E-state index in [4.69, 9.17) is 11.6 Å². The zero-order valence-corrected chi connectivity index (χ0v) is 18.0. The Labute approximate surface area is 183 Å². The van der Waals surface area contributed by atoms with Crippen molar-refractivity contribution in [3.8, 4) is 0 Å². The zero-order chi connectivity index (χ0) is 19.9. The van der Waals surface area contributed by atoms with Crippen molar-refractivity contribution in [1.29, 1.82) is 0 Å². The first-order valence-electron chi connectivity index (χ1n) is 9.64. The Hall–Kier alpha value is -2.08. The van der Waals surface area contributed by atoms with Crippen LogP contribution in [0.3, 0.4) is 0 Å². The summed E-state index contributed by atoms with van der Waals surface area (Å²) in [4.78, 5) is 27.5. The molecule has 3 rings (SSSR count). The smallest absolute Gasteiger partial charge is 0.253 e. The lowest BCUT2D eigenvalue weighted by atomic mass is 10.0. The van der Waals surface area contributed by atoms with Crippen LogP contribution in [0, 0.1) is 0 Å². The van der Waals surface area contributed by atoms with Gasteiger partial charge in [0.2, 0.25) is 5.91 Å². The average Bonchev–Trinajstić information content (AvgIpc) is 2.74. The molecule has 5 nitrogen and oxygen atoms in total. The number of amides is 2.